The molecule has 35 heavy (non-hydrogen) atoms. The van der Waals surface area contributed by atoms with Crippen LogP contribution in [0.1, 0.15) is 82.6 Å². The molecule has 0 atom stereocenters. The highest BCUT2D eigenvalue weighted by atomic mass is 19.3. The Hall–Kier alpha value is -2.31. The predicted octanol–water partition coefficient (Wildman–Crippen LogP) is 9.38. The van der Waals surface area contributed by atoms with Crippen LogP contribution in [0.5, 0.6) is 17.2 Å². The monoisotopic (exact) mass is 496 g/mol. The maximum atomic E-state index is 15.3. The average Bonchev–Trinajstić information content (AvgIpc) is 2.84. The number of halogens is 5. The molecule has 2 saturated carbocycles. The lowest BCUT2D eigenvalue weighted by Crippen LogP contribution is -2.26. The number of hydrogen-bond acceptors (Lipinski definition) is 2. The molecule has 0 heterocycles. The van der Waals surface area contributed by atoms with Crippen molar-refractivity contribution in [2.75, 3.05) is 0 Å². The SMILES string of the molecule is CCCC1CCC(C2CCC(c3c(F)ccc(Oc4ccc(OC(F)F)c(F)c4)c3F)CC2)CC1. The molecule has 0 N–H and O–H groups in total. The van der Waals surface area contributed by atoms with Crippen LogP contribution in [0.4, 0.5) is 22.0 Å². The van der Waals surface area contributed by atoms with Gasteiger partial charge in [-0.15, -0.1) is 0 Å². The van der Waals surface area contributed by atoms with Crippen molar-refractivity contribution >= 4 is 0 Å². The van der Waals surface area contributed by atoms with Crippen LogP contribution in [-0.2, 0) is 0 Å². The molecule has 7 heteroatoms. The third-order valence-electron chi connectivity index (χ3n) is 7.87. The van der Waals surface area contributed by atoms with Gasteiger partial charge in [0.15, 0.2) is 23.1 Å². The largest absolute Gasteiger partial charge is 0.454 e. The number of ether oxygens (including phenoxy) is 2. The van der Waals surface area contributed by atoms with Crippen molar-refractivity contribution in [3.63, 3.8) is 0 Å². The van der Waals surface area contributed by atoms with E-state index in [1.807, 2.05) is 0 Å². The van der Waals surface area contributed by atoms with Crippen LogP contribution < -0.4 is 9.47 Å². The molecule has 0 unspecified atom stereocenters. The topological polar surface area (TPSA) is 18.5 Å². The first kappa shape index (κ1) is 25.8. The second-order valence-electron chi connectivity index (χ2n) is 10.0. The average molecular weight is 497 g/mol. The predicted molar refractivity (Wildman–Crippen MR) is 125 cm³/mol. The van der Waals surface area contributed by atoms with Crippen LogP contribution in [0.25, 0.3) is 0 Å². The van der Waals surface area contributed by atoms with Crippen LogP contribution in [-0.4, -0.2) is 6.61 Å². The number of hydrogen-bond donors (Lipinski definition) is 0. The van der Waals surface area contributed by atoms with Crippen molar-refractivity contribution in [1.29, 1.82) is 0 Å². The minimum Gasteiger partial charge on any atom is -0.454 e. The van der Waals surface area contributed by atoms with Gasteiger partial charge in [-0.3, -0.25) is 0 Å². The Morgan fingerprint density at radius 3 is 2.03 bits per heavy atom. The minimum atomic E-state index is -3.17. The molecule has 2 fully saturated rings. The van der Waals surface area contributed by atoms with Crippen LogP contribution in [0.2, 0.25) is 0 Å². The van der Waals surface area contributed by atoms with Crippen LogP contribution in [0, 0.1) is 35.2 Å². The fourth-order valence-electron chi connectivity index (χ4n) is 6.10. The minimum absolute atomic E-state index is 0.0192. The van der Waals surface area contributed by atoms with E-state index < -0.39 is 29.8 Å². The molecule has 0 aliphatic heterocycles. The van der Waals surface area contributed by atoms with Gasteiger partial charge in [-0.05, 0) is 86.5 Å². The molecule has 192 valence electrons. The summed E-state index contributed by atoms with van der Waals surface area (Å²) in [6.45, 7) is -0.926. The van der Waals surface area contributed by atoms with Crippen molar-refractivity contribution in [3.8, 4) is 17.2 Å². The Balaban J connectivity index is 1.40. The molecular weight excluding hydrogens is 463 g/mol. The van der Waals surface area contributed by atoms with Crippen molar-refractivity contribution in [3.05, 3.63) is 53.3 Å². The van der Waals surface area contributed by atoms with Gasteiger partial charge in [-0.25, -0.2) is 13.2 Å². The molecule has 0 aromatic heterocycles. The summed E-state index contributed by atoms with van der Waals surface area (Å²) in [6.07, 6.45) is 11.1. The third kappa shape index (κ3) is 6.28. The number of alkyl halides is 2. The Labute approximate surface area is 203 Å². The fraction of sp³-hybridized carbons (Fsp3) is 0.571. The van der Waals surface area contributed by atoms with Crippen LogP contribution in [0.15, 0.2) is 30.3 Å². The van der Waals surface area contributed by atoms with Gasteiger partial charge in [-0.2, -0.15) is 8.78 Å². The zero-order chi connectivity index (χ0) is 24.9. The first-order chi connectivity index (χ1) is 16.9. The summed E-state index contributed by atoms with van der Waals surface area (Å²) in [5, 5.41) is 0. The molecule has 0 saturated heterocycles. The lowest BCUT2D eigenvalue weighted by atomic mass is 9.68. The second kappa shape index (κ2) is 11.6. The number of rotatable bonds is 8. The molecule has 2 nitrogen and oxygen atoms in total. The van der Waals surface area contributed by atoms with Crippen LogP contribution in [0.3, 0.4) is 0 Å². The van der Waals surface area contributed by atoms with Gasteiger partial charge in [-0.1, -0.05) is 32.6 Å². The molecule has 0 radical (unpaired) electrons. The lowest BCUT2D eigenvalue weighted by Gasteiger charge is -2.38. The smallest absolute Gasteiger partial charge is 0.387 e. The summed E-state index contributed by atoms with van der Waals surface area (Å²) in [4.78, 5) is 0. The quantitative estimate of drug-likeness (QED) is 0.339. The number of benzene rings is 2. The van der Waals surface area contributed by atoms with Gasteiger partial charge in [0.05, 0.1) is 0 Å². The van der Waals surface area contributed by atoms with Gasteiger partial charge in [0.2, 0.25) is 0 Å². The maximum absolute atomic E-state index is 15.3. The van der Waals surface area contributed by atoms with E-state index in [9.17, 15) is 17.6 Å². The highest BCUT2D eigenvalue weighted by Gasteiger charge is 2.33. The third-order valence-corrected chi connectivity index (χ3v) is 7.87. The zero-order valence-electron chi connectivity index (χ0n) is 20.1. The Kier molecular flexibility index (Phi) is 8.55. The van der Waals surface area contributed by atoms with E-state index in [1.54, 1.807) is 0 Å². The van der Waals surface area contributed by atoms with Crippen molar-refractivity contribution in [2.45, 2.75) is 83.7 Å². The van der Waals surface area contributed by atoms with E-state index in [0.29, 0.717) is 5.92 Å². The summed E-state index contributed by atoms with van der Waals surface area (Å²) in [7, 11) is 0. The summed E-state index contributed by atoms with van der Waals surface area (Å²) < 4.78 is 78.2. The molecule has 0 bridgehead atoms. The molecule has 2 aromatic carbocycles. The van der Waals surface area contributed by atoms with E-state index in [4.69, 9.17) is 4.74 Å². The molecule has 0 amide bonds. The summed E-state index contributed by atoms with van der Waals surface area (Å²) in [5.74, 6) is -1.44. The molecule has 2 aliphatic rings. The van der Waals surface area contributed by atoms with Gasteiger partial charge in [0, 0.05) is 11.6 Å². The van der Waals surface area contributed by atoms with Gasteiger partial charge < -0.3 is 9.47 Å². The van der Waals surface area contributed by atoms with E-state index in [1.165, 1.54) is 50.7 Å². The van der Waals surface area contributed by atoms with Gasteiger partial charge in [0.25, 0.3) is 0 Å². The van der Waals surface area contributed by atoms with E-state index in [2.05, 4.69) is 11.7 Å². The van der Waals surface area contributed by atoms with Gasteiger partial charge in [0.1, 0.15) is 11.6 Å². The summed E-state index contributed by atoms with van der Waals surface area (Å²) in [6, 6.07) is 5.34. The van der Waals surface area contributed by atoms with E-state index in [-0.39, 0.29) is 23.0 Å². The summed E-state index contributed by atoms with van der Waals surface area (Å²) in [5.41, 5.74) is 0.0192. The Bertz CT molecular complexity index is 980. The van der Waals surface area contributed by atoms with Gasteiger partial charge >= 0.3 is 6.61 Å². The first-order valence-electron chi connectivity index (χ1n) is 12.8. The van der Waals surface area contributed by atoms with Crippen molar-refractivity contribution in [2.24, 2.45) is 17.8 Å². The molecular formula is C28H33F5O2. The maximum Gasteiger partial charge on any atom is 0.387 e. The zero-order valence-corrected chi connectivity index (χ0v) is 20.1. The molecule has 2 aromatic rings. The summed E-state index contributed by atoms with van der Waals surface area (Å²) >= 11 is 0. The highest BCUT2D eigenvalue weighted by Crippen LogP contribution is 2.46. The van der Waals surface area contributed by atoms with Crippen molar-refractivity contribution in [1.82, 2.24) is 0 Å². The lowest BCUT2D eigenvalue weighted by molar-refractivity contribution is -0.0522. The van der Waals surface area contributed by atoms with Crippen molar-refractivity contribution < 1.29 is 31.4 Å². The Morgan fingerprint density at radius 2 is 1.43 bits per heavy atom. The van der Waals surface area contributed by atoms with Crippen LogP contribution >= 0.6 is 0 Å². The Morgan fingerprint density at radius 1 is 0.800 bits per heavy atom. The first-order valence-corrected chi connectivity index (χ1v) is 12.8. The van der Waals surface area contributed by atoms with E-state index in [0.717, 1.165) is 55.7 Å². The standard InChI is InChI=1S/C28H33F5O2/c1-2-3-17-4-6-18(7-5-17)19-8-10-20(11-9-19)26-22(29)13-15-25(27(26)31)34-21-12-14-24(23(30)16-21)35-28(32)33/h12-20,28H,2-11H2,1H3. The highest BCUT2D eigenvalue weighted by molar-refractivity contribution is 5.40. The second-order valence-corrected chi connectivity index (χ2v) is 10.0. The van der Waals surface area contributed by atoms with E-state index >= 15 is 4.39 Å². The normalized spacial score (nSPS) is 25.0. The molecule has 0 spiro atoms. The fourth-order valence-corrected chi connectivity index (χ4v) is 6.10. The molecule has 2 aliphatic carbocycles. The molecule has 4 rings (SSSR count).